The van der Waals surface area contributed by atoms with Gasteiger partial charge in [-0.1, -0.05) is 66.7 Å². The third-order valence-electron chi connectivity index (χ3n) is 5.09. The molecule has 1 atom stereocenters. The van der Waals surface area contributed by atoms with E-state index in [0.717, 1.165) is 33.3 Å². The zero-order valence-electron chi connectivity index (χ0n) is 16.3. The van der Waals surface area contributed by atoms with Crippen LogP contribution in [0.4, 0.5) is 5.69 Å². The molecule has 0 saturated heterocycles. The van der Waals surface area contributed by atoms with Crippen molar-refractivity contribution in [3.05, 3.63) is 108 Å². The molecule has 0 fully saturated rings. The minimum absolute atomic E-state index is 0.111. The average Bonchev–Trinajstić information content (AvgIpc) is 2.79. The maximum absolute atomic E-state index is 13.1. The maximum atomic E-state index is 13.1. The summed E-state index contributed by atoms with van der Waals surface area (Å²) in [5, 5.41) is 5.73. The van der Waals surface area contributed by atoms with E-state index in [0.29, 0.717) is 6.42 Å². The number of para-hydroxylation sites is 1. The molecule has 0 saturated carbocycles. The molecule has 3 nitrogen and oxygen atoms in total. The number of anilines is 1. The fourth-order valence-electron chi connectivity index (χ4n) is 3.49. The Morgan fingerprint density at radius 3 is 2.24 bits per heavy atom. The second-order valence-corrected chi connectivity index (χ2v) is 7.03. The normalized spacial score (nSPS) is 11.8. The first-order valence-corrected chi connectivity index (χ1v) is 9.70. The van der Waals surface area contributed by atoms with E-state index in [-0.39, 0.29) is 11.8 Å². The molecule has 3 heteroatoms. The van der Waals surface area contributed by atoms with E-state index in [1.54, 1.807) is 7.11 Å². The molecule has 0 aliphatic carbocycles. The van der Waals surface area contributed by atoms with Gasteiger partial charge >= 0.3 is 0 Å². The summed E-state index contributed by atoms with van der Waals surface area (Å²) in [5.74, 6) is 0.910. The number of carbonyl (C=O) groups excluding carboxylic acids is 1. The predicted octanol–water partition coefficient (Wildman–Crippen LogP) is 6.27. The minimum atomic E-state index is -0.137. The van der Waals surface area contributed by atoms with Gasteiger partial charge in [-0.3, -0.25) is 4.79 Å². The number of ether oxygens (including phenoxy) is 1. The Labute approximate surface area is 171 Å². The first-order valence-electron chi connectivity index (χ1n) is 9.70. The summed E-state index contributed by atoms with van der Waals surface area (Å²) in [7, 11) is 1.65. The van der Waals surface area contributed by atoms with Crippen molar-refractivity contribution in [3.63, 3.8) is 0 Å². The van der Waals surface area contributed by atoms with Crippen LogP contribution in [0.1, 0.15) is 28.4 Å². The van der Waals surface area contributed by atoms with Gasteiger partial charge in [0.1, 0.15) is 5.75 Å². The smallest absolute Gasteiger partial charge is 0.165 e. The Balaban J connectivity index is 1.61. The molecule has 0 spiro atoms. The highest BCUT2D eigenvalue weighted by Gasteiger charge is 2.18. The van der Waals surface area contributed by atoms with E-state index in [2.05, 4.69) is 11.4 Å². The quantitative estimate of drug-likeness (QED) is 0.383. The second kappa shape index (κ2) is 8.61. The molecule has 0 aliphatic rings. The zero-order chi connectivity index (χ0) is 20.1. The lowest BCUT2D eigenvalue weighted by Crippen LogP contribution is -2.16. The highest BCUT2D eigenvalue weighted by atomic mass is 16.5. The Bertz CT molecular complexity index is 1100. The SMILES string of the molecule is COc1ccc(C(CC(=O)c2ccc3ccccc3c2)Nc2ccccc2)cc1. The van der Waals surface area contributed by atoms with Crippen LogP contribution in [-0.4, -0.2) is 12.9 Å². The van der Waals surface area contributed by atoms with Gasteiger partial charge in [0.05, 0.1) is 13.2 Å². The number of carbonyl (C=O) groups is 1. The van der Waals surface area contributed by atoms with Gasteiger partial charge in [0.2, 0.25) is 0 Å². The Morgan fingerprint density at radius 2 is 1.52 bits per heavy atom. The van der Waals surface area contributed by atoms with Gasteiger partial charge in [0, 0.05) is 17.7 Å². The number of Topliss-reactive ketones (excluding diaryl/α,β-unsaturated/α-hetero) is 1. The summed E-state index contributed by atoms with van der Waals surface area (Å²) < 4.78 is 5.27. The van der Waals surface area contributed by atoms with Crippen molar-refractivity contribution in [1.29, 1.82) is 0 Å². The van der Waals surface area contributed by atoms with E-state index in [1.165, 1.54) is 0 Å². The van der Waals surface area contributed by atoms with E-state index in [1.807, 2.05) is 91.0 Å². The third kappa shape index (κ3) is 4.46. The lowest BCUT2D eigenvalue weighted by molar-refractivity contribution is 0.0976. The maximum Gasteiger partial charge on any atom is 0.165 e. The molecule has 0 radical (unpaired) electrons. The number of rotatable bonds is 7. The number of fused-ring (bicyclic) bond motifs is 1. The Kier molecular flexibility index (Phi) is 5.57. The van der Waals surface area contributed by atoms with Crippen LogP contribution in [0, 0.1) is 0 Å². The minimum Gasteiger partial charge on any atom is -0.497 e. The number of nitrogens with one attached hydrogen (secondary N) is 1. The molecule has 0 aliphatic heterocycles. The monoisotopic (exact) mass is 381 g/mol. The lowest BCUT2D eigenvalue weighted by Gasteiger charge is -2.20. The fraction of sp³-hybridized carbons (Fsp3) is 0.115. The van der Waals surface area contributed by atoms with Gasteiger partial charge in [-0.25, -0.2) is 0 Å². The summed E-state index contributed by atoms with van der Waals surface area (Å²) in [6, 6.07) is 31.7. The largest absolute Gasteiger partial charge is 0.497 e. The summed E-state index contributed by atoms with van der Waals surface area (Å²) in [4.78, 5) is 13.1. The zero-order valence-corrected chi connectivity index (χ0v) is 16.3. The number of hydrogen-bond donors (Lipinski definition) is 1. The van der Waals surface area contributed by atoms with Gasteiger partial charge in [0.25, 0.3) is 0 Å². The van der Waals surface area contributed by atoms with Crippen molar-refractivity contribution in [1.82, 2.24) is 0 Å². The van der Waals surface area contributed by atoms with Crippen LogP contribution in [0.25, 0.3) is 10.8 Å². The average molecular weight is 381 g/mol. The summed E-state index contributed by atoms with van der Waals surface area (Å²) in [6.45, 7) is 0. The van der Waals surface area contributed by atoms with Crippen LogP contribution >= 0.6 is 0 Å². The van der Waals surface area contributed by atoms with Gasteiger partial charge < -0.3 is 10.1 Å². The van der Waals surface area contributed by atoms with Crippen LogP contribution in [0.2, 0.25) is 0 Å². The predicted molar refractivity (Wildman–Crippen MR) is 119 cm³/mol. The molecule has 0 bridgehead atoms. The molecule has 0 aromatic heterocycles. The number of methoxy groups -OCH3 is 1. The molecule has 1 N–H and O–H groups in total. The van der Waals surface area contributed by atoms with E-state index in [4.69, 9.17) is 4.74 Å². The van der Waals surface area contributed by atoms with Crippen molar-refractivity contribution in [2.24, 2.45) is 0 Å². The van der Waals surface area contributed by atoms with Crippen molar-refractivity contribution in [3.8, 4) is 5.75 Å². The first-order chi connectivity index (χ1) is 14.2. The molecular formula is C26H23NO2. The van der Waals surface area contributed by atoms with Crippen molar-refractivity contribution in [2.75, 3.05) is 12.4 Å². The molecule has 4 rings (SSSR count). The van der Waals surface area contributed by atoms with E-state index in [9.17, 15) is 4.79 Å². The van der Waals surface area contributed by atoms with Crippen LogP contribution in [-0.2, 0) is 0 Å². The lowest BCUT2D eigenvalue weighted by atomic mass is 9.96. The van der Waals surface area contributed by atoms with Crippen molar-refractivity contribution in [2.45, 2.75) is 12.5 Å². The highest BCUT2D eigenvalue weighted by molar-refractivity contribution is 6.00. The van der Waals surface area contributed by atoms with Gasteiger partial charge in [-0.05, 0) is 46.7 Å². The van der Waals surface area contributed by atoms with Crippen molar-refractivity contribution >= 4 is 22.2 Å². The van der Waals surface area contributed by atoms with Gasteiger partial charge in [-0.15, -0.1) is 0 Å². The summed E-state index contributed by atoms with van der Waals surface area (Å²) >= 11 is 0. The molecule has 4 aromatic rings. The highest BCUT2D eigenvalue weighted by Crippen LogP contribution is 2.27. The van der Waals surface area contributed by atoms with E-state index >= 15 is 0 Å². The Morgan fingerprint density at radius 1 is 0.828 bits per heavy atom. The third-order valence-corrected chi connectivity index (χ3v) is 5.09. The molecule has 29 heavy (non-hydrogen) atoms. The molecule has 1 unspecified atom stereocenters. The molecular weight excluding hydrogens is 358 g/mol. The molecule has 0 amide bonds. The Hall–Kier alpha value is -3.59. The second-order valence-electron chi connectivity index (χ2n) is 7.03. The summed E-state index contributed by atoms with van der Waals surface area (Å²) in [6.07, 6.45) is 0.361. The molecule has 144 valence electrons. The van der Waals surface area contributed by atoms with Crippen LogP contribution < -0.4 is 10.1 Å². The fourth-order valence-corrected chi connectivity index (χ4v) is 3.49. The number of ketones is 1. The van der Waals surface area contributed by atoms with Gasteiger partial charge in [-0.2, -0.15) is 0 Å². The first kappa shape index (κ1) is 18.8. The van der Waals surface area contributed by atoms with E-state index < -0.39 is 0 Å². The topological polar surface area (TPSA) is 38.3 Å². The van der Waals surface area contributed by atoms with Crippen LogP contribution in [0.3, 0.4) is 0 Å². The van der Waals surface area contributed by atoms with Gasteiger partial charge in [0.15, 0.2) is 5.78 Å². The number of hydrogen-bond acceptors (Lipinski definition) is 3. The van der Waals surface area contributed by atoms with Crippen LogP contribution in [0.15, 0.2) is 97.1 Å². The number of benzene rings is 4. The van der Waals surface area contributed by atoms with Crippen LogP contribution in [0.5, 0.6) is 5.75 Å². The molecule has 4 aromatic carbocycles. The van der Waals surface area contributed by atoms with Crippen molar-refractivity contribution < 1.29 is 9.53 Å². The molecule has 0 heterocycles. The standard InChI is InChI=1S/C26H23NO2/c1-29-24-15-13-20(14-16-24)25(27-23-9-3-2-4-10-23)18-26(28)22-12-11-19-7-5-6-8-21(19)17-22/h2-17,25,27H,18H2,1H3. The summed E-state index contributed by atoms with van der Waals surface area (Å²) in [5.41, 5.74) is 2.76.